The van der Waals surface area contributed by atoms with Gasteiger partial charge < -0.3 is 19.7 Å². The highest BCUT2D eigenvalue weighted by Crippen LogP contribution is 2.35. The van der Waals surface area contributed by atoms with Crippen LogP contribution < -0.4 is 15.0 Å². The van der Waals surface area contributed by atoms with Gasteiger partial charge in [0.15, 0.2) is 0 Å². The van der Waals surface area contributed by atoms with Crippen molar-refractivity contribution < 1.29 is 14.3 Å². The van der Waals surface area contributed by atoms with E-state index in [2.05, 4.69) is 15.2 Å². The number of morpholine rings is 1. The maximum atomic E-state index is 13.1. The summed E-state index contributed by atoms with van der Waals surface area (Å²) in [4.78, 5) is 19.8. The van der Waals surface area contributed by atoms with E-state index in [1.54, 1.807) is 7.11 Å². The average molecular weight is 412 g/mol. The summed E-state index contributed by atoms with van der Waals surface area (Å²) in [5, 5.41) is 4.47. The van der Waals surface area contributed by atoms with Crippen LogP contribution >= 0.6 is 11.6 Å². The molecule has 4 rings (SSSR count). The Morgan fingerprint density at radius 1 is 1.21 bits per heavy atom. The molecule has 6 nitrogen and oxygen atoms in total. The normalized spacial score (nSPS) is 14.1. The van der Waals surface area contributed by atoms with Gasteiger partial charge in [-0.2, -0.15) is 0 Å². The van der Waals surface area contributed by atoms with Crippen molar-refractivity contribution in [1.82, 2.24) is 4.98 Å². The third kappa shape index (κ3) is 3.99. The number of hydrogen-bond donors (Lipinski definition) is 1. The quantitative estimate of drug-likeness (QED) is 0.693. The van der Waals surface area contributed by atoms with E-state index < -0.39 is 0 Å². The molecule has 0 saturated carbocycles. The molecule has 7 heteroatoms. The first kappa shape index (κ1) is 19.5. The van der Waals surface area contributed by atoms with E-state index in [1.165, 1.54) is 0 Å². The summed E-state index contributed by atoms with van der Waals surface area (Å²) >= 11 is 6.47. The first-order chi connectivity index (χ1) is 14.1. The Labute approximate surface area is 174 Å². The van der Waals surface area contributed by atoms with Crippen molar-refractivity contribution in [1.29, 1.82) is 0 Å². The highest BCUT2D eigenvalue weighted by molar-refractivity contribution is 6.34. The molecular weight excluding hydrogens is 390 g/mol. The molecule has 3 aromatic rings. The van der Waals surface area contributed by atoms with Crippen LogP contribution in [-0.4, -0.2) is 44.3 Å². The fraction of sp³-hybridized carbons (Fsp3) is 0.273. The SMILES string of the molecule is COc1ccc2nc(C)c(C(=O)Nc3cccc(Cl)c3N3CCOCC3)cc2c1. The van der Waals surface area contributed by atoms with Gasteiger partial charge in [0.2, 0.25) is 0 Å². The molecule has 0 spiro atoms. The summed E-state index contributed by atoms with van der Waals surface area (Å²) < 4.78 is 10.7. The van der Waals surface area contributed by atoms with E-state index in [0.717, 1.165) is 35.4 Å². The number of benzene rings is 2. The Kier molecular flexibility index (Phi) is 5.56. The van der Waals surface area contributed by atoms with Crippen LogP contribution in [0.1, 0.15) is 16.1 Å². The number of nitrogens with one attached hydrogen (secondary N) is 1. The molecule has 0 unspecified atom stereocenters. The molecule has 1 N–H and O–H groups in total. The van der Waals surface area contributed by atoms with Crippen LogP contribution in [0.3, 0.4) is 0 Å². The summed E-state index contributed by atoms with van der Waals surface area (Å²) in [7, 11) is 1.61. The Morgan fingerprint density at radius 2 is 2.00 bits per heavy atom. The van der Waals surface area contributed by atoms with Crippen molar-refractivity contribution >= 4 is 39.8 Å². The van der Waals surface area contributed by atoms with Gasteiger partial charge in [-0.05, 0) is 43.3 Å². The van der Waals surface area contributed by atoms with Gasteiger partial charge in [-0.15, -0.1) is 0 Å². The molecule has 29 heavy (non-hydrogen) atoms. The number of fused-ring (bicyclic) bond motifs is 1. The molecule has 2 heterocycles. The molecule has 1 aliphatic rings. The Morgan fingerprint density at radius 3 is 2.76 bits per heavy atom. The summed E-state index contributed by atoms with van der Waals surface area (Å²) in [5.74, 6) is 0.496. The van der Waals surface area contributed by atoms with Crippen molar-refractivity contribution in [3.8, 4) is 5.75 Å². The molecule has 1 fully saturated rings. The zero-order valence-corrected chi connectivity index (χ0v) is 17.1. The second kappa shape index (κ2) is 8.27. The van der Waals surface area contributed by atoms with Crippen molar-refractivity contribution in [2.24, 2.45) is 0 Å². The number of carbonyl (C=O) groups excluding carboxylic acids is 1. The minimum Gasteiger partial charge on any atom is -0.497 e. The fourth-order valence-electron chi connectivity index (χ4n) is 3.52. The second-order valence-electron chi connectivity index (χ2n) is 6.87. The lowest BCUT2D eigenvalue weighted by Crippen LogP contribution is -2.37. The molecule has 1 aliphatic heterocycles. The summed E-state index contributed by atoms with van der Waals surface area (Å²) in [6, 6.07) is 13.0. The molecule has 0 aliphatic carbocycles. The van der Waals surface area contributed by atoms with Crippen LogP contribution in [0.25, 0.3) is 10.9 Å². The van der Waals surface area contributed by atoms with Gasteiger partial charge in [0.1, 0.15) is 5.75 Å². The zero-order chi connectivity index (χ0) is 20.4. The van der Waals surface area contributed by atoms with E-state index in [0.29, 0.717) is 35.2 Å². The second-order valence-corrected chi connectivity index (χ2v) is 7.28. The smallest absolute Gasteiger partial charge is 0.257 e. The summed E-state index contributed by atoms with van der Waals surface area (Å²) in [6.45, 7) is 4.55. The predicted molar refractivity (Wildman–Crippen MR) is 115 cm³/mol. The molecule has 1 aromatic heterocycles. The standard InChI is InChI=1S/C22H22ClN3O3/c1-14-17(13-15-12-16(28-2)6-7-19(15)24-14)22(27)25-20-5-3-4-18(23)21(20)26-8-10-29-11-9-26/h3-7,12-13H,8-11H2,1-2H3,(H,25,27). The maximum absolute atomic E-state index is 13.1. The number of nitrogens with zero attached hydrogens (tertiary/aromatic N) is 2. The van der Waals surface area contributed by atoms with Crippen molar-refractivity contribution in [2.75, 3.05) is 43.6 Å². The van der Waals surface area contributed by atoms with Crippen LogP contribution in [0.4, 0.5) is 11.4 Å². The molecular formula is C22H22ClN3O3. The summed E-state index contributed by atoms with van der Waals surface area (Å²) in [6.07, 6.45) is 0. The lowest BCUT2D eigenvalue weighted by Gasteiger charge is -2.31. The number of aromatic nitrogens is 1. The highest BCUT2D eigenvalue weighted by Gasteiger charge is 2.20. The van der Waals surface area contributed by atoms with Crippen LogP contribution in [0, 0.1) is 6.92 Å². The van der Waals surface area contributed by atoms with Crippen LogP contribution in [0.2, 0.25) is 5.02 Å². The number of para-hydroxylation sites is 1. The zero-order valence-electron chi connectivity index (χ0n) is 16.4. The van der Waals surface area contributed by atoms with Gasteiger partial charge in [-0.25, -0.2) is 0 Å². The number of methoxy groups -OCH3 is 1. The first-order valence-corrected chi connectivity index (χ1v) is 9.82. The van der Waals surface area contributed by atoms with Gasteiger partial charge in [0.05, 0.1) is 53.5 Å². The molecule has 1 amide bonds. The number of aryl methyl sites for hydroxylation is 1. The minimum absolute atomic E-state index is 0.225. The van der Waals surface area contributed by atoms with Crippen LogP contribution in [0.15, 0.2) is 42.5 Å². The number of pyridine rings is 1. The number of ether oxygens (including phenoxy) is 2. The van der Waals surface area contributed by atoms with E-state index in [-0.39, 0.29) is 5.91 Å². The van der Waals surface area contributed by atoms with E-state index in [4.69, 9.17) is 21.1 Å². The largest absolute Gasteiger partial charge is 0.497 e. The number of amides is 1. The fourth-order valence-corrected chi connectivity index (χ4v) is 3.82. The van der Waals surface area contributed by atoms with Crippen molar-refractivity contribution in [3.05, 3.63) is 58.7 Å². The van der Waals surface area contributed by atoms with Gasteiger partial charge in [-0.3, -0.25) is 9.78 Å². The molecule has 0 atom stereocenters. The number of halogens is 1. The van der Waals surface area contributed by atoms with Crippen molar-refractivity contribution in [2.45, 2.75) is 6.92 Å². The third-order valence-electron chi connectivity index (χ3n) is 5.02. The molecule has 150 valence electrons. The highest BCUT2D eigenvalue weighted by atomic mass is 35.5. The Hall–Kier alpha value is -2.83. The lowest BCUT2D eigenvalue weighted by atomic mass is 10.1. The summed E-state index contributed by atoms with van der Waals surface area (Å²) in [5.41, 5.74) is 3.49. The Bertz CT molecular complexity index is 1060. The molecule has 1 saturated heterocycles. The molecule has 0 bridgehead atoms. The number of rotatable bonds is 4. The van der Waals surface area contributed by atoms with Gasteiger partial charge >= 0.3 is 0 Å². The van der Waals surface area contributed by atoms with Gasteiger partial charge in [-0.1, -0.05) is 17.7 Å². The number of anilines is 2. The number of carbonyl (C=O) groups is 1. The monoisotopic (exact) mass is 411 g/mol. The van der Waals surface area contributed by atoms with Crippen molar-refractivity contribution in [3.63, 3.8) is 0 Å². The lowest BCUT2D eigenvalue weighted by molar-refractivity contribution is 0.102. The first-order valence-electron chi connectivity index (χ1n) is 9.45. The molecule has 2 aromatic carbocycles. The van der Waals surface area contributed by atoms with E-state index in [9.17, 15) is 4.79 Å². The predicted octanol–water partition coefficient (Wildman–Crippen LogP) is 4.29. The van der Waals surface area contributed by atoms with E-state index in [1.807, 2.05) is 49.4 Å². The topological polar surface area (TPSA) is 63.7 Å². The molecule has 0 radical (unpaired) electrons. The van der Waals surface area contributed by atoms with Crippen LogP contribution in [-0.2, 0) is 4.74 Å². The minimum atomic E-state index is -0.225. The van der Waals surface area contributed by atoms with E-state index >= 15 is 0 Å². The van der Waals surface area contributed by atoms with Crippen LogP contribution in [0.5, 0.6) is 5.75 Å². The maximum Gasteiger partial charge on any atom is 0.257 e. The third-order valence-corrected chi connectivity index (χ3v) is 5.32. The van der Waals surface area contributed by atoms with Gasteiger partial charge in [0, 0.05) is 18.5 Å². The van der Waals surface area contributed by atoms with Gasteiger partial charge in [0.25, 0.3) is 5.91 Å². The average Bonchev–Trinajstić information content (AvgIpc) is 2.73. The number of hydrogen-bond acceptors (Lipinski definition) is 5. The Balaban J connectivity index is 1.68.